The van der Waals surface area contributed by atoms with E-state index in [1.54, 1.807) is 0 Å². The molecule has 0 nitrogen and oxygen atoms in total. The van der Waals surface area contributed by atoms with Gasteiger partial charge in [0.25, 0.3) is 0 Å². The van der Waals surface area contributed by atoms with Crippen LogP contribution >= 0.6 is 0 Å². The number of rotatable bonds is 7. The Morgan fingerprint density at radius 3 is 2.42 bits per heavy atom. The van der Waals surface area contributed by atoms with Crippen molar-refractivity contribution in [1.82, 2.24) is 0 Å². The molecular formula is C12H24. The van der Waals surface area contributed by atoms with E-state index in [1.165, 1.54) is 38.5 Å². The lowest BCUT2D eigenvalue weighted by molar-refractivity contribution is 0.486. The summed E-state index contributed by atoms with van der Waals surface area (Å²) in [7, 11) is 0. The van der Waals surface area contributed by atoms with E-state index < -0.39 is 0 Å². The van der Waals surface area contributed by atoms with Crippen LogP contribution in [0.25, 0.3) is 0 Å². The van der Waals surface area contributed by atoms with E-state index in [2.05, 4.69) is 32.9 Å². The molecule has 0 saturated carbocycles. The SMILES string of the molecule is CC/C=C/CCCCC(C)CC. The van der Waals surface area contributed by atoms with Gasteiger partial charge in [-0.2, -0.15) is 0 Å². The second kappa shape index (κ2) is 8.83. The third-order valence-electron chi connectivity index (χ3n) is 2.42. The first kappa shape index (κ1) is 11.7. The summed E-state index contributed by atoms with van der Waals surface area (Å²) in [6.07, 6.45) is 12.6. The average molecular weight is 168 g/mol. The van der Waals surface area contributed by atoms with Crippen LogP contribution in [0.1, 0.15) is 59.3 Å². The maximum Gasteiger partial charge on any atom is -0.0351 e. The molecular weight excluding hydrogens is 144 g/mol. The van der Waals surface area contributed by atoms with Gasteiger partial charge in [-0.3, -0.25) is 0 Å². The molecule has 0 bridgehead atoms. The molecule has 0 radical (unpaired) electrons. The lowest BCUT2D eigenvalue weighted by atomic mass is 10.0. The normalized spacial score (nSPS) is 13.9. The van der Waals surface area contributed by atoms with E-state index in [1.807, 2.05) is 0 Å². The van der Waals surface area contributed by atoms with Gasteiger partial charge >= 0.3 is 0 Å². The highest BCUT2D eigenvalue weighted by Crippen LogP contribution is 2.12. The van der Waals surface area contributed by atoms with Gasteiger partial charge in [0.15, 0.2) is 0 Å². The third-order valence-corrected chi connectivity index (χ3v) is 2.42. The molecule has 0 aromatic carbocycles. The van der Waals surface area contributed by atoms with E-state index in [0.29, 0.717) is 0 Å². The topological polar surface area (TPSA) is 0 Å². The van der Waals surface area contributed by atoms with Crippen molar-refractivity contribution in [2.24, 2.45) is 5.92 Å². The lowest BCUT2D eigenvalue weighted by Crippen LogP contribution is -1.90. The van der Waals surface area contributed by atoms with E-state index in [0.717, 1.165) is 5.92 Å². The smallest absolute Gasteiger partial charge is 0.0351 e. The predicted octanol–water partition coefficient (Wildman–Crippen LogP) is 4.56. The Morgan fingerprint density at radius 1 is 1.08 bits per heavy atom. The molecule has 0 aliphatic rings. The molecule has 0 aliphatic heterocycles. The molecule has 0 rings (SSSR count). The van der Waals surface area contributed by atoms with Crippen LogP contribution in [0.3, 0.4) is 0 Å². The van der Waals surface area contributed by atoms with Gasteiger partial charge in [-0.25, -0.2) is 0 Å². The van der Waals surface area contributed by atoms with Crippen LogP contribution in [0, 0.1) is 5.92 Å². The highest BCUT2D eigenvalue weighted by atomic mass is 14.0. The summed E-state index contributed by atoms with van der Waals surface area (Å²) in [6.45, 7) is 6.82. The molecule has 12 heavy (non-hydrogen) atoms. The Balaban J connectivity index is 3.05. The largest absolute Gasteiger partial charge is 0.0888 e. The van der Waals surface area contributed by atoms with Gasteiger partial charge in [-0.05, 0) is 25.2 Å². The summed E-state index contributed by atoms with van der Waals surface area (Å²) in [6, 6.07) is 0. The Kier molecular flexibility index (Phi) is 8.64. The van der Waals surface area contributed by atoms with Gasteiger partial charge in [0.2, 0.25) is 0 Å². The molecule has 72 valence electrons. The Bertz CT molecular complexity index is 103. The van der Waals surface area contributed by atoms with Crippen molar-refractivity contribution in [3.8, 4) is 0 Å². The van der Waals surface area contributed by atoms with Crippen molar-refractivity contribution in [2.75, 3.05) is 0 Å². The number of hydrogen-bond donors (Lipinski definition) is 0. The highest BCUT2D eigenvalue weighted by molar-refractivity contribution is 4.79. The fraction of sp³-hybridized carbons (Fsp3) is 0.833. The molecule has 1 atom stereocenters. The molecule has 0 spiro atoms. The third kappa shape index (κ3) is 7.84. The quantitative estimate of drug-likeness (QED) is 0.386. The number of hydrogen-bond acceptors (Lipinski definition) is 0. The first-order chi connectivity index (χ1) is 5.81. The molecule has 0 amide bonds. The lowest BCUT2D eigenvalue weighted by Gasteiger charge is -2.05. The van der Waals surface area contributed by atoms with Crippen LogP contribution in [-0.4, -0.2) is 0 Å². The van der Waals surface area contributed by atoms with Gasteiger partial charge in [0, 0.05) is 0 Å². The first-order valence-corrected chi connectivity index (χ1v) is 5.46. The number of allylic oxidation sites excluding steroid dienone is 2. The van der Waals surface area contributed by atoms with Crippen molar-refractivity contribution >= 4 is 0 Å². The van der Waals surface area contributed by atoms with Crippen LogP contribution in [0.15, 0.2) is 12.2 Å². The second-order valence-corrected chi connectivity index (χ2v) is 3.68. The molecule has 0 heteroatoms. The van der Waals surface area contributed by atoms with Crippen LogP contribution in [0.5, 0.6) is 0 Å². The van der Waals surface area contributed by atoms with Crippen molar-refractivity contribution in [2.45, 2.75) is 59.3 Å². The zero-order valence-corrected chi connectivity index (χ0v) is 8.97. The molecule has 0 fully saturated rings. The molecule has 0 aliphatic carbocycles. The fourth-order valence-corrected chi connectivity index (χ4v) is 1.24. The molecule has 0 aromatic rings. The van der Waals surface area contributed by atoms with E-state index >= 15 is 0 Å². The van der Waals surface area contributed by atoms with Gasteiger partial charge in [0.1, 0.15) is 0 Å². The van der Waals surface area contributed by atoms with Crippen LogP contribution in [-0.2, 0) is 0 Å². The van der Waals surface area contributed by atoms with Crippen molar-refractivity contribution < 1.29 is 0 Å². The maximum absolute atomic E-state index is 2.35. The zero-order valence-electron chi connectivity index (χ0n) is 8.97. The van der Waals surface area contributed by atoms with Crippen LogP contribution < -0.4 is 0 Å². The maximum atomic E-state index is 2.35. The van der Waals surface area contributed by atoms with Gasteiger partial charge in [0.05, 0.1) is 0 Å². The Labute approximate surface area is 78.1 Å². The Hall–Kier alpha value is -0.260. The van der Waals surface area contributed by atoms with E-state index in [9.17, 15) is 0 Å². The predicted molar refractivity (Wildman–Crippen MR) is 57.4 cm³/mol. The minimum Gasteiger partial charge on any atom is -0.0888 e. The van der Waals surface area contributed by atoms with Crippen molar-refractivity contribution in [1.29, 1.82) is 0 Å². The van der Waals surface area contributed by atoms with E-state index in [-0.39, 0.29) is 0 Å². The molecule has 0 heterocycles. The summed E-state index contributed by atoms with van der Waals surface area (Å²) in [5.41, 5.74) is 0. The molecule has 0 N–H and O–H groups in total. The molecule has 1 unspecified atom stereocenters. The highest BCUT2D eigenvalue weighted by Gasteiger charge is 1.96. The van der Waals surface area contributed by atoms with E-state index in [4.69, 9.17) is 0 Å². The van der Waals surface area contributed by atoms with Crippen LogP contribution in [0.4, 0.5) is 0 Å². The van der Waals surface area contributed by atoms with Gasteiger partial charge in [-0.15, -0.1) is 0 Å². The Morgan fingerprint density at radius 2 is 1.83 bits per heavy atom. The molecule has 0 saturated heterocycles. The minimum atomic E-state index is 0.931. The summed E-state index contributed by atoms with van der Waals surface area (Å²) in [4.78, 5) is 0. The summed E-state index contributed by atoms with van der Waals surface area (Å²) in [5, 5.41) is 0. The summed E-state index contributed by atoms with van der Waals surface area (Å²) >= 11 is 0. The first-order valence-electron chi connectivity index (χ1n) is 5.46. The summed E-state index contributed by atoms with van der Waals surface area (Å²) < 4.78 is 0. The minimum absolute atomic E-state index is 0.931. The number of unbranched alkanes of at least 4 members (excludes halogenated alkanes) is 2. The standard InChI is InChI=1S/C12H24/c1-4-6-7-8-9-10-11-12(3)5-2/h6-7,12H,4-5,8-11H2,1-3H3/b7-6+. The zero-order chi connectivity index (χ0) is 9.23. The fourth-order valence-electron chi connectivity index (χ4n) is 1.24. The van der Waals surface area contributed by atoms with Crippen LogP contribution in [0.2, 0.25) is 0 Å². The average Bonchev–Trinajstić information content (AvgIpc) is 2.10. The van der Waals surface area contributed by atoms with Gasteiger partial charge in [-0.1, -0.05) is 52.2 Å². The van der Waals surface area contributed by atoms with Crippen molar-refractivity contribution in [3.63, 3.8) is 0 Å². The molecule has 0 aromatic heterocycles. The van der Waals surface area contributed by atoms with Crippen molar-refractivity contribution in [3.05, 3.63) is 12.2 Å². The summed E-state index contributed by atoms with van der Waals surface area (Å²) in [5.74, 6) is 0.931. The monoisotopic (exact) mass is 168 g/mol. The van der Waals surface area contributed by atoms with Gasteiger partial charge < -0.3 is 0 Å². The second-order valence-electron chi connectivity index (χ2n) is 3.68.